The summed E-state index contributed by atoms with van der Waals surface area (Å²) < 4.78 is 51.5. The van der Waals surface area contributed by atoms with E-state index in [4.69, 9.17) is 46.9 Å². The standard InChI is InChI=1S/C14H13Cl2F3N4OS2/c1-5(2)6-3-7(15)10(8(16)4-6)23-12(20)11(9(22-23)13(21)25)26(24)14(17,18)19/h3-5H,20H2,1-2H3,(H2,21,25)/t26-/m1/s1. The molecule has 0 unspecified atom stereocenters. The number of nitrogens with two attached hydrogens (primary N) is 2. The topological polar surface area (TPSA) is 86.9 Å². The minimum Gasteiger partial charge on any atom is -0.388 e. The lowest BCUT2D eigenvalue weighted by atomic mass is 10.0. The molecule has 1 heterocycles. The van der Waals surface area contributed by atoms with Crippen LogP contribution in [-0.2, 0) is 10.8 Å². The van der Waals surface area contributed by atoms with Crippen molar-refractivity contribution in [3.8, 4) is 5.69 Å². The highest BCUT2D eigenvalue weighted by Crippen LogP contribution is 2.38. The second-order valence-electron chi connectivity index (χ2n) is 5.54. The number of benzene rings is 1. The number of anilines is 1. The highest BCUT2D eigenvalue weighted by Gasteiger charge is 2.42. The summed E-state index contributed by atoms with van der Waals surface area (Å²) in [6.45, 7) is 3.83. The van der Waals surface area contributed by atoms with Crippen molar-refractivity contribution in [2.75, 3.05) is 5.73 Å². The number of hydrogen-bond donors (Lipinski definition) is 2. The van der Waals surface area contributed by atoms with Gasteiger partial charge in [0.05, 0.1) is 10.0 Å². The number of halogens is 5. The van der Waals surface area contributed by atoms with Gasteiger partial charge in [0.25, 0.3) is 0 Å². The third-order valence-electron chi connectivity index (χ3n) is 3.42. The maximum Gasteiger partial charge on any atom is 0.476 e. The normalized spacial score (nSPS) is 13.2. The van der Waals surface area contributed by atoms with Crippen LogP contribution < -0.4 is 11.5 Å². The Morgan fingerprint density at radius 2 is 1.81 bits per heavy atom. The molecule has 0 aliphatic carbocycles. The highest BCUT2D eigenvalue weighted by molar-refractivity contribution is 7.86. The van der Waals surface area contributed by atoms with E-state index in [-0.39, 0.29) is 21.7 Å². The first-order valence-corrected chi connectivity index (χ1v) is 9.33. The van der Waals surface area contributed by atoms with Crippen molar-refractivity contribution in [1.82, 2.24) is 9.78 Å². The third kappa shape index (κ3) is 3.83. The number of nitrogens with zero attached hydrogens (tertiary/aromatic N) is 2. The van der Waals surface area contributed by atoms with Gasteiger partial charge in [-0.3, -0.25) is 0 Å². The van der Waals surface area contributed by atoms with E-state index in [9.17, 15) is 17.4 Å². The Morgan fingerprint density at radius 3 is 2.19 bits per heavy atom. The van der Waals surface area contributed by atoms with Gasteiger partial charge in [0.15, 0.2) is 10.8 Å². The molecule has 4 N–H and O–H groups in total. The van der Waals surface area contributed by atoms with Gasteiger partial charge in [-0.2, -0.15) is 18.3 Å². The van der Waals surface area contributed by atoms with Crippen molar-refractivity contribution < 1.29 is 17.4 Å². The second kappa shape index (κ2) is 7.34. The van der Waals surface area contributed by atoms with Crippen LogP contribution >= 0.6 is 35.4 Å². The molecule has 1 aromatic carbocycles. The number of aromatic nitrogens is 2. The average Bonchev–Trinajstić information content (AvgIpc) is 2.82. The third-order valence-corrected chi connectivity index (χ3v) is 5.39. The molecular weight excluding hydrogens is 432 g/mol. The molecule has 0 radical (unpaired) electrons. The molecule has 0 saturated heterocycles. The fourth-order valence-electron chi connectivity index (χ4n) is 2.17. The number of alkyl halides is 3. The number of thiocarbonyl (C=S) groups is 1. The molecule has 26 heavy (non-hydrogen) atoms. The van der Waals surface area contributed by atoms with Crippen LogP contribution in [0.15, 0.2) is 17.0 Å². The Morgan fingerprint density at radius 1 is 1.31 bits per heavy atom. The first-order chi connectivity index (χ1) is 11.9. The predicted octanol–water partition coefficient (Wildman–Crippen LogP) is 4.15. The van der Waals surface area contributed by atoms with Crippen molar-refractivity contribution >= 4 is 57.0 Å². The number of rotatable bonds is 4. The summed E-state index contributed by atoms with van der Waals surface area (Å²) in [6.07, 6.45) is 0. The van der Waals surface area contributed by atoms with Gasteiger partial charge in [-0.05, 0) is 23.6 Å². The zero-order valence-corrected chi connectivity index (χ0v) is 16.5. The maximum absolute atomic E-state index is 12.9. The summed E-state index contributed by atoms with van der Waals surface area (Å²) in [5.41, 5.74) is 6.48. The van der Waals surface area contributed by atoms with E-state index in [0.29, 0.717) is 0 Å². The molecular formula is C14H13Cl2F3N4OS2. The van der Waals surface area contributed by atoms with E-state index in [1.165, 1.54) is 0 Å². The van der Waals surface area contributed by atoms with Gasteiger partial charge in [-0.1, -0.05) is 49.3 Å². The quantitative estimate of drug-likeness (QED) is 0.691. The van der Waals surface area contributed by atoms with E-state index in [1.54, 1.807) is 12.1 Å². The fraction of sp³-hybridized carbons (Fsp3) is 0.286. The zero-order chi connectivity index (χ0) is 20.0. The van der Waals surface area contributed by atoms with Crippen LogP contribution in [0.1, 0.15) is 31.0 Å². The summed E-state index contributed by atoms with van der Waals surface area (Å²) in [5, 5.41) is 4.09. The van der Waals surface area contributed by atoms with Crippen LogP contribution in [0.4, 0.5) is 19.0 Å². The fourth-order valence-corrected chi connectivity index (χ4v) is 3.87. The lowest BCUT2D eigenvalue weighted by Crippen LogP contribution is -2.21. The molecule has 0 saturated carbocycles. The summed E-state index contributed by atoms with van der Waals surface area (Å²) in [4.78, 5) is -1.32. The maximum atomic E-state index is 12.9. The van der Waals surface area contributed by atoms with E-state index in [0.717, 1.165) is 10.2 Å². The Hall–Kier alpha value is -1.36. The molecule has 142 valence electrons. The van der Waals surface area contributed by atoms with Crippen LogP contribution in [0.5, 0.6) is 0 Å². The molecule has 5 nitrogen and oxygen atoms in total. The molecule has 12 heteroatoms. The molecule has 0 amide bonds. The van der Waals surface area contributed by atoms with Crippen LogP contribution in [0, 0.1) is 0 Å². The average molecular weight is 445 g/mol. The number of hydrogen-bond acceptors (Lipinski definition) is 4. The molecule has 0 bridgehead atoms. The molecule has 0 fully saturated rings. The Kier molecular flexibility index (Phi) is 5.91. The van der Waals surface area contributed by atoms with Crippen molar-refractivity contribution in [3.05, 3.63) is 33.4 Å². The predicted molar refractivity (Wildman–Crippen MR) is 100 cm³/mol. The Balaban J connectivity index is 2.78. The molecule has 2 rings (SSSR count). The molecule has 0 aliphatic heterocycles. The summed E-state index contributed by atoms with van der Waals surface area (Å²) in [5.74, 6) is -0.459. The van der Waals surface area contributed by atoms with Gasteiger partial charge in [-0.25, -0.2) is 8.89 Å². The lowest BCUT2D eigenvalue weighted by Gasteiger charge is -2.13. The molecule has 0 spiro atoms. The minimum absolute atomic E-state index is 0.0400. The summed E-state index contributed by atoms with van der Waals surface area (Å²) in [6, 6.07) is 3.19. The van der Waals surface area contributed by atoms with Crippen LogP contribution in [0.3, 0.4) is 0 Å². The van der Waals surface area contributed by atoms with Gasteiger partial charge >= 0.3 is 5.51 Å². The molecule has 1 atom stereocenters. The van der Waals surface area contributed by atoms with Crippen molar-refractivity contribution in [1.29, 1.82) is 0 Å². The van der Waals surface area contributed by atoms with Gasteiger partial charge in [0.2, 0.25) is 0 Å². The first kappa shape index (κ1) is 20.9. The van der Waals surface area contributed by atoms with E-state index < -0.39 is 37.7 Å². The first-order valence-electron chi connectivity index (χ1n) is 7.02. The molecule has 0 aliphatic rings. The van der Waals surface area contributed by atoms with Crippen molar-refractivity contribution in [2.45, 2.75) is 30.2 Å². The zero-order valence-electron chi connectivity index (χ0n) is 13.4. The van der Waals surface area contributed by atoms with Crippen LogP contribution in [-0.4, -0.2) is 24.5 Å². The second-order valence-corrected chi connectivity index (χ2v) is 8.20. The minimum atomic E-state index is -5.07. The SMILES string of the molecule is CC(C)c1cc(Cl)c(-n2nc(C(N)=S)c([S@@](=O)C(F)(F)F)c2N)c(Cl)c1. The van der Waals surface area contributed by atoms with Gasteiger partial charge in [-0.15, -0.1) is 0 Å². The van der Waals surface area contributed by atoms with Gasteiger partial charge < -0.3 is 11.5 Å². The Labute approximate surface area is 164 Å². The van der Waals surface area contributed by atoms with E-state index in [2.05, 4.69) is 5.10 Å². The highest BCUT2D eigenvalue weighted by atomic mass is 35.5. The monoisotopic (exact) mass is 444 g/mol. The molecule has 2 aromatic rings. The van der Waals surface area contributed by atoms with E-state index in [1.807, 2.05) is 13.8 Å². The van der Waals surface area contributed by atoms with Gasteiger partial charge in [0, 0.05) is 0 Å². The van der Waals surface area contributed by atoms with Crippen molar-refractivity contribution in [3.63, 3.8) is 0 Å². The van der Waals surface area contributed by atoms with Crippen molar-refractivity contribution in [2.24, 2.45) is 5.73 Å². The molecule has 1 aromatic heterocycles. The van der Waals surface area contributed by atoms with E-state index >= 15 is 0 Å². The van der Waals surface area contributed by atoms with Gasteiger partial charge in [0.1, 0.15) is 27.1 Å². The lowest BCUT2D eigenvalue weighted by molar-refractivity contribution is -0.0384. The number of nitrogen functional groups attached to an aromatic ring is 1. The summed E-state index contributed by atoms with van der Waals surface area (Å²) in [7, 11) is -3.48. The van der Waals surface area contributed by atoms with Crippen LogP contribution in [0.2, 0.25) is 10.0 Å². The Bertz CT molecular complexity index is 889. The summed E-state index contributed by atoms with van der Waals surface area (Å²) >= 11 is 17.2. The smallest absolute Gasteiger partial charge is 0.388 e. The van der Waals surface area contributed by atoms with Crippen LogP contribution in [0.25, 0.3) is 5.69 Å². The largest absolute Gasteiger partial charge is 0.476 e.